The number of benzene rings is 2. The zero-order valence-corrected chi connectivity index (χ0v) is 12.1. The summed E-state index contributed by atoms with van der Waals surface area (Å²) in [4.78, 5) is 0. The monoisotopic (exact) mass is 282 g/mol. The maximum Gasteiger partial charge on any atom is 0.0790 e. The molecule has 2 aromatic carbocycles. The number of aliphatic hydroxyl groups excluding tert-OH is 1. The molecule has 1 nitrogen and oxygen atoms in total. The van der Waals surface area contributed by atoms with Gasteiger partial charge in [-0.2, -0.15) is 0 Å². The third-order valence-corrected chi connectivity index (χ3v) is 4.68. The average molecular weight is 282 g/mol. The molecular formula is C18H18OS. The van der Waals surface area contributed by atoms with Crippen LogP contribution in [0, 0.1) is 0 Å². The van der Waals surface area contributed by atoms with Crippen LogP contribution in [-0.2, 0) is 6.42 Å². The highest BCUT2D eigenvalue weighted by Crippen LogP contribution is 2.28. The Labute approximate surface area is 123 Å². The van der Waals surface area contributed by atoms with E-state index in [4.69, 9.17) is 0 Å². The predicted molar refractivity (Wildman–Crippen MR) is 86.2 cm³/mol. The molecule has 1 heterocycles. The molecule has 0 saturated heterocycles. The summed E-state index contributed by atoms with van der Waals surface area (Å²) < 4.78 is 1.35. The largest absolute Gasteiger partial charge is 0.388 e. The molecule has 3 rings (SSSR count). The molecule has 0 fully saturated rings. The number of rotatable bonds is 5. The van der Waals surface area contributed by atoms with Crippen molar-refractivity contribution in [2.24, 2.45) is 0 Å². The zero-order chi connectivity index (χ0) is 13.8. The summed E-state index contributed by atoms with van der Waals surface area (Å²) in [6, 6.07) is 18.5. The van der Waals surface area contributed by atoms with E-state index >= 15 is 0 Å². The van der Waals surface area contributed by atoms with Gasteiger partial charge < -0.3 is 5.11 Å². The van der Waals surface area contributed by atoms with Crippen molar-refractivity contribution in [3.8, 4) is 0 Å². The maximum atomic E-state index is 10.2. The van der Waals surface area contributed by atoms with Gasteiger partial charge in [0.2, 0.25) is 0 Å². The number of thiophene rings is 1. The van der Waals surface area contributed by atoms with Crippen molar-refractivity contribution >= 4 is 21.4 Å². The van der Waals surface area contributed by atoms with Gasteiger partial charge in [0.15, 0.2) is 0 Å². The molecule has 0 amide bonds. The van der Waals surface area contributed by atoms with E-state index in [1.165, 1.54) is 15.6 Å². The Morgan fingerprint density at radius 1 is 0.950 bits per heavy atom. The van der Waals surface area contributed by atoms with Gasteiger partial charge in [-0.15, -0.1) is 11.3 Å². The Balaban J connectivity index is 1.60. The summed E-state index contributed by atoms with van der Waals surface area (Å²) in [5, 5.41) is 13.8. The van der Waals surface area contributed by atoms with Crippen LogP contribution in [0.1, 0.15) is 30.1 Å². The fourth-order valence-corrected chi connectivity index (χ4v) is 3.55. The van der Waals surface area contributed by atoms with E-state index in [-0.39, 0.29) is 6.10 Å². The van der Waals surface area contributed by atoms with Crippen LogP contribution >= 0.6 is 11.3 Å². The molecule has 1 aromatic heterocycles. The molecule has 1 atom stereocenters. The Hall–Kier alpha value is -1.64. The maximum absolute atomic E-state index is 10.2. The van der Waals surface area contributed by atoms with Gasteiger partial charge in [0.25, 0.3) is 0 Å². The van der Waals surface area contributed by atoms with E-state index < -0.39 is 0 Å². The van der Waals surface area contributed by atoms with Crippen LogP contribution in [0.3, 0.4) is 0 Å². The van der Waals surface area contributed by atoms with Crippen molar-refractivity contribution in [3.63, 3.8) is 0 Å². The summed E-state index contributed by atoms with van der Waals surface area (Å²) in [6.07, 6.45) is 2.51. The van der Waals surface area contributed by atoms with E-state index in [1.807, 2.05) is 30.3 Å². The smallest absolute Gasteiger partial charge is 0.0790 e. The van der Waals surface area contributed by atoms with Gasteiger partial charge in [-0.1, -0.05) is 48.5 Å². The fourth-order valence-electron chi connectivity index (χ4n) is 2.55. The van der Waals surface area contributed by atoms with Gasteiger partial charge in [0, 0.05) is 4.70 Å². The van der Waals surface area contributed by atoms with Crippen molar-refractivity contribution in [2.75, 3.05) is 0 Å². The van der Waals surface area contributed by atoms with Crippen LogP contribution in [0.25, 0.3) is 10.1 Å². The van der Waals surface area contributed by atoms with Crippen LogP contribution in [-0.4, -0.2) is 5.11 Å². The Morgan fingerprint density at radius 3 is 2.55 bits per heavy atom. The first-order chi connectivity index (χ1) is 9.84. The van der Waals surface area contributed by atoms with E-state index in [0.29, 0.717) is 0 Å². The quantitative estimate of drug-likeness (QED) is 0.701. The first-order valence-corrected chi connectivity index (χ1v) is 7.90. The van der Waals surface area contributed by atoms with Gasteiger partial charge in [-0.25, -0.2) is 0 Å². The number of aliphatic hydroxyl groups is 1. The number of hydrogen-bond donors (Lipinski definition) is 1. The molecule has 0 aliphatic rings. The minimum atomic E-state index is -0.346. The third kappa shape index (κ3) is 2.92. The van der Waals surface area contributed by atoms with Crippen molar-refractivity contribution < 1.29 is 5.11 Å². The molecular weight excluding hydrogens is 264 g/mol. The van der Waals surface area contributed by atoms with Crippen LogP contribution in [0.5, 0.6) is 0 Å². The van der Waals surface area contributed by atoms with Crippen molar-refractivity contribution in [1.29, 1.82) is 0 Å². The molecule has 3 aromatic rings. The number of hydrogen-bond acceptors (Lipinski definition) is 2. The third-order valence-electron chi connectivity index (χ3n) is 3.67. The molecule has 0 radical (unpaired) electrons. The molecule has 0 aliphatic carbocycles. The molecule has 1 N–H and O–H groups in total. The summed E-state index contributed by atoms with van der Waals surface area (Å²) in [5.41, 5.74) is 2.42. The lowest BCUT2D eigenvalue weighted by Gasteiger charge is -2.10. The number of fused-ring (bicyclic) bond motifs is 1. The Morgan fingerprint density at radius 2 is 1.70 bits per heavy atom. The summed E-state index contributed by atoms with van der Waals surface area (Å²) in [6.45, 7) is 0. The van der Waals surface area contributed by atoms with Crippen molar-refractivity contribution in [3.05, 3.63) is 71.1 Å². The van der Waals surface area contributed by atoms with Gasteiger partial charge in [-0.05, 0) is 47.2 Å². The Bertz CT molecular complexity index is 672. The lowest BCUT2D eigenvalue weighted by Crippen LogP contribution is -1.98. The average Bonchev–Trinajstić information content (AvgIpc) is 2.92. The van der Waals surface area contributed by atoms with E-state index in [0.717, 1.165) is 24.8 Å². The van der Waals surface area contributed by atoms with Gasteiger partial charge in [0.1, 0.15) is 0 Å². The minimum absolute atomic E-state index is 0.346. The highest BCUT2D eigenvalue weighted by molar-refractivity contribution is 7.17. The van der Waals surface area contributed by atoms with E-state index in [2.05, 4.69) is 29.6 Å². The topological polar surface area (TPSA) is 20.2 Å². The zero-order valence-electron chi connectivity index (χ0n) is 11.3. The normalized spacial score (nSPS) is 12.7. The number of aryl methyl sites for hydroxylation is 1. The predicted octanol–water partition coefficient (Wildman–Crippen LogP) is 4.96. The molecule has 0 spiro atoms. The van der Waals surface area contributed by atoms with E-state index in [1.54, 1.807) is 11.3 Å². The molecule has 20 heavy (non-hydrogen) atoms. The Kier molecular flexibility index (Phi) is 4.14. The van der Waals surface area contributed by atoms with Crippen LogP contribution in [0.2, 0.25) is 0 Å². The minimum Gasteiger partial charge on any atom is -0.388 e. The first-order valence-electron chi connectivity index (χ1n) is 7.03. The molecule has 1 unspecified atom stereocenters. The van der Waals surface area contributed by atoms with Crippen molar-refractivity contribution in [1.82, 2.24) is 0 Å². The lowest BCUT2D eigenvalue weighted by molar-refractivity contribution is 0.165. The first kappa shape index (κ1) is 13.3. The second-order valence-electron chi connectivity index (χ2n) is 5.08. The van der Waals surface area contributed by atoms with E-state index in [9.17, 15) is 5.11 Å². The SMILES string of the molecule is OC(CCCc1csc2ccccc12)c1ccccc1. The van der Waals surface area contributed by atoms with Gasteiger partial charge >= 0.3 is 0 Å². The highest BCUT2D eigenvalue weighted by atomic mass is 32.1. The second kappa shape index (κ2) is 6.21. The summed E-state index contributed by atoms with van der Waals surface area (Å²) >= 11 is 1.81. The molecule has 0 aliphatic heterocycles. The molecule has 0 saturated carbocycles. The fraction of sp³-hybridized carbons (Fsp3) is 0.222. The van der Waals surface area contributed by atoms with Crippen LogP contribution in [0.15, 0.2) is 60.0 Å². The van der Waals surface area contributed by atoms with Gasteiger partial charge in [0.05, 0.1) is 6.10 Å². The molecule has 2 heteroatoms. The lowest BCUT2D eigenvalue weighted by atomic mass is 10.0. The molecule has 0 bridgehead atoms. The summed E-state index contributed by atoms with van der Waals surface area (Å²) in [7, 11) is 0. The summed E-state index contributed by atoms with van der Waals surface area (Å²) in [5.74, 6) is 0. The van der Waals surface area contributed by atoms with Gasteiger partial charge in [-0.3, -0.25) is 0 Å². The second-order valence-corrected chi connectivity index (χ2v) is 5.99. The van der Waals surface area contributed by atoms with Crippen molar-refractivity contribution in [2.45, 2.75) is 25.4 Å². The highest BCUT2D eigenvalue weighted by Gasteiger charge is 2.08. The van der Waals surface area contributed by atoms with Crippen LogP contribution in [0.4, 0.5) is 0 Å². The standard InChI is InChI=1S/C18H18OS/c19-17(14-7-2-1-3-8-14)11-6-9-15-13-20-18-12-5-4-10-16(15)18/h1-5,7-8,10,12-13,17,19H,6,9,11H2. The van der Waals surface area contributed by atoms with Crippen LogP contribution < -0.4 is 0 Å². The molecule has 102 valence electrons.